The van der Waals surface area contributed by atoms with Gasteiger partial charge in [-0.2, -0.15) is 4.31 Å². The monoisotopic (exact) mass is 435 g/mol. The Balaban J connectivity index is 1.46. The molecule has 1 aromatic carbocycles. The average Bonchev–Trinajstić information content (AvgIpc) is 3.41. The molecule has 2 fully saturated rings. The molecule has 29 heavy (non-hydrogen) atoms. The smallest absolute Gasteiger partial charge is 0.267 e. The first-order chi connectivity index (χ1) is 13.8. The van der Waals surface area contributed by atoms with Crippen LogP contribution in [0.4, 0.5) is 0 Å². The number of carbonyl (C=O) groups is 1. The van der Waals surface area contributed by atoms with Gasteiger partial charge in [0, 0.05) is 43.3 Å². The van der Waals surface area contributed by atoms with Crippen molar-refractivity contribution in [2.24, 2.45) is 7.05 Å². The largest absolute Gasteiger partial charge is 0.350 e. The summed E-state index contributed by atoms with van der Waals surface area (Å²) in [5, 5.41) is 3.69. The third kappa shape index (κ3) is 4.09. The molecule has 0 unspecified atom stereocenters. The molecule has 4 rings (SSSR count). The predicted molar refractivity (Wildman–Crippen MR) is 113 cm³/mol. The molecule has 0 bridgehead atoms. The summed E-state index contributed by atoms with van der Waals surface area (Å²) in [6.07, 6.45) is 6.38. The Morgan fingerprint density at radius 1 is 1.14 bits per heavy atom. The molecule has 0 spiro atoms. The van der Waals surface area contributed by atoms with E-state index in [1.165, 1.54) is 22.1 Å². The van der Waals surface area contributed by atoms with Gasteiger partial charge in [0.1, 0.15) is 10.6 Å². The number of amides is 1. The molecule has 1 aliphatic carbocycles. The Kier molecular flexibility index (Phi) is 5.48. The maximum Gasteiger partial charge on any atom is 0.267 e. The fourth-order valence-electron chi connectivity index (χ4n) is 4.02. The summed E-state index contributed by atoms with van der Waals surface area (Å²) in [6.45, 7) is 1.61. The van der Waals surface area contributed by atoms with Gasteiger partial charge in [-0.15, -0.1) is 0 Å². The van der Waals surface area contributed by atoms with E-state index in [4.69, 9.17) is 11.6 Å². The number of aromatic nitrogens is 1. The average molecular weight is 436 g/mol. The van der Waals surface area contributed by atoms with Crippen molar-refractivity contribution in [1.82, 2.24) is 14.2 Å². The van der Waals surface area contributed by atoms with E-state index < -0.39 is 10.0 Å². The summed E-state index contributed by atoms with van der Waals surface area (Å²) in [4.78, 5) is 13.0. The topological polar surface area (TPSA) is 71.4 Å². The van der Waals surface area contributed by atoms with Crippen molar-refractivity contribution in [3.05, 3.63) is 52.8 Å². The van der Waals surface area contributed by atoms with E-state index >= 15 is 0 Å². The maximum absolute atomic E-state index is 12.9. The van der Waals surface area contributed by atoms with Crippen molar-refractivity contribution in [3.63, 3.8) is 0 Å². The maximum atomic E-state index is 12.9. The minimum Gasteiger partial charge on any atom is -0.350 e. The summed E-state index contributed by atoms with van der Waals surface area (Å²) in [5.41, 5.74) is 1.48. The lowest BCUT2D eigenvalue weighted by atomic mass is 9.96. The molecule has 1 N–H and O–H groups in total. The number of carbonyl (C=O) groups excluding carboxylic acids is 1. The molecule has 0 radical (unpaired) electrons. The molecule has 2 heterocycles. The van der Waals surface area contributed by atoms with Gasteiger partial charge in [0.15, 0.2) is 0 Å². The van der Waals surface area contributed by atoms with Gasteiger partial charge in [0.2, 0.25) is 10.0 Å². The van der Waals surface area contributed by atoms with Crippen LogP contribution in [-0.4, -0.2) is 42.8 Å². The van der Waals surface area contributed by atoms with E-state index in [0.717, 1.165) is 32.1 Å². The van der Waals surface area contributed by atoms with Crippen LogP contribution in [0, 0.1) is 0 Å². The van der Waals surface area contributed by atoms with E-state index in [-0.39, 0.29) is 16.2 Å². The molecular weight excluding hydrogens is 410 g/mol. The molecule has 1 amide bonds. The van der Waals surface area contributed by atoms with Crippen LogP contribution in [0.2, 0.25) is 5.02 Å². The van der Waals surface area contributed by atoms with Crippen molar-refractivity contribution in [1.29, 1.82) is 0 Å². The Morgan fingerprint density at radius 2 is 1.79 bits per heavy atom. The Hall–Kier alpha value is -1.83. The van der Waals surface area contributed by atoms with Crippen LogP contribution in [0.3, 0.4) is 0 Å². The number of nitrogens with zero attached hydrogens (tertiary/aromatic N) is 2. The van der Waals surface area contributed by atoms with Gasteiger partial charge in [-0.1, -0.05) is 30.2 Å². The SMILES string of the molecule is Cn1cc(S(=O)(=O)N2CCCCC2)cc1C(=O)NCC1(c2ccc(Cl)cc2)CC1. The molecule has 1 saturated carbocycles. The number of halogens is 1. The second-order valence-corrected chi connectivity index (χ2v) is 10.5. The van der Waals surface area contributed by atoms with E-state index in [1.54, 1.807) is 11.6 Å². The van der Waals surface area contributed by atoms with Crippen LogP contribution in [-0.2, 0) is 22.5 Å². The molecule has 1 aliphatic heterocycles. The van der Waals surface area contributed by atoms with Crippen LogP contribution in [0.5, 0.6) is 0 Å². The third-order valence-corrected chi connectivity index (χ3v) is 8.18. The number of piperidine rings is 1. The zero-order valence-corrected chi connectivity index (χ0v) is 18.1. The van der Waals surface area contributed by atoms with Crippen LogP contribution >= 0.6 is 11.6 Å². The van der Waals surface area contributed by atoms with Crippen LogP contribution in [0.25, 0.3) is 0 Å². The highest BCUT2D eigenvalue weighted by Crippen LogP contribution is 2.47. The summed E-state index contributed by atoms with van der Waals surface area (Å²) >= 11 is 5.98. The predicted octanol–water partition coefficient (Wildman–Crippen LogP) is 3.31. The standard InChI is InChI=1S/C21H26ClN3O3S/c1-24-14-18(29(27,28)25-11-3-2-4-12-25)13-19(24)20(26)23-15-21(9-10-21)16-5-7-17(22)8-6-16/h5-8,13-14H,2-4,9-12,15H2,1H3,(H,23,26). The quantitative estimate of drug-likeness (QED) is 0.756. The number of sulfonamides is 1. The minimum absolute atomic E-state index is 0.0475. The van der Waals surface area contributed by atoms with Gasteiger partial charge < -0.3 is 9.88 Å². The lowest BCUT2D eigenvalue weighted by Crippen LogP contribution is -2.35. The first-order valence-electron chi connectivity index (χ1n) is 10.0. The van der Waals surface area contributed by atoms with E-state index in [2.05, 4.69) is 5.32 Å². The number of benzene rings is 1. The highest BCUT2D eigenvalue weighted by atomic mass is 35.5. The number of aryl methyl sites for hydroxylation is 1. The van der Waals surface area contributed by atoms with Gasteiger partial charge in [0.05, 0.1) is 0 Å². The van der Waals surface area contributed by atoms with Crippen molar-refractivity contribution in [3.8, 4) is 0 Å². The molecule has 1 saturated heterocycles. The first-order valence-corrected chi connectivity index (χ1v) is 11.8. The zero-order chi connectivity index (χ0) is 20.6. The van der Waals surface area contributed by atoms with Crippen LogP contribution in [0.15, 0.2) is 41.4 Å². The lowest BCUT2D eigenvalue weighted by Gasteiger charge is -2.25. The summed E-state index contributed by atoms with van der Waals surface area (Å²) < 4.78 is 28.9. The zero-order valence-electron chi connectivity index (χ0n) is 16.5. The van der Waals surface area contributed by atoms with Crippen molar-refractivity contribution in [2.45, 2.75) is 42.4 Å². The molecule has 6 nitrogen and oxygen atoms in total. The van der Waals surface area contributed by atoms with Gasteiger partial charge >= 0.3 is 0 Å². The summed E-state index contributed by atoms with van der Waals surface area (Å²) in [7, 11) is -1.85. The fourth-order valence-corrected chi connectivity index (χ4v) is 5.73. The van der Waals surface area contributed by atoms with Crippen LogP contribution in [0.1, 0.15) is 48.2 Å². The highest BCUT2D eigenvalue weighted by molar-refractivity contribution is 7.89. The van der Waals surface area contributed by atoms with Crippen LogP contribution < -0.4 is 5.32 Å². The number of rotatable bonds is 6. The third-order valence-electron chi connectivity index (χ3n) is 6.06. The summed E-state index contributed by atoms with van der Waals surface area (Å²) in [6, 6.07) is 9.24. The molecular formula is C21H26ClN3O3S. The molecule has 8 heteroatoms. The Bertz CT molecular complexity index is 1000. The van der Waals surface area contributed by atoms with E-state index in [1.807, 2.05) is 24.3 Å². The van der Waals surface area contributed by atoms with Crippen molar-refractivity contribution < 1.29 is 13.2 Å². The molecule has 156 valence electrons. The van der Waals surface area contributed by atoms with E-state index in [0.29, 0.717) is 30.4 Å². The fraction of sp³-hybridized carbons (Fsp3) is 0.476. The van der Waals surface area contributed by atoms with Gasteiger partial charge in [-0.05, 0) is 49.4 Å². The lowest BCUT2D eigenvalue weighted by molar-refractivity contribution is 0.0941. The van der Waals surface area contributed by atoms with Gasteiger partial charge in [0.25, 0.3) is 5.91 Å². The number of nitrogens with one attached hydrogen (secondary N) is 1. The first kappa shape index (κ1) is 20.4. The van der Waals surface area contributed by atoms with Gasteiger partial charge in [-0.25, -0.2) is 8.42 Å². The van der Waals surface area contributed by atoms with Crippen molar-refractivity contribution >= 4 is 27.5 Å². The number of hydrogen-bond donors (Lipinski definition) is 1. The Morgan fingerprint density at radius 3 is 2.41 bits per heavy atom. The normalized spacial score (nSPS) is 19.1. The second kappa shape index (κ2) is 7.78. The molecule has 1 aromatic heterocycles. The Labute approximate surface area is 176 Å². The molecule has 2 aromatic rings. The van der Waals surface area contributed by atoms with E-state index in [9.17, 15) is 13.2 Å². The summed E-state index contributed by atoms with van der Waals surface area (Å²) in [5.74, 6) is -0.257. The van der Waals surface area contributed by atoms with Crippen molar-refractivity contribution in [2.75, 3.05) is 19.6 Å². The number of hydrogen-bond acceptors (Lipinski definition) is 3. The molecule has 2 aliphatic rings. The molecule has 0 atom stereocenters. The van der Waals surface area contributed by atoms with Gasteiger partial charge in [-0.3, -0.25) is 4.79 Å². The minimum atomic E-state index is -3.56. The second-order valence-electron chi connectivity index (χ2n) is 8.11. The highest BCUT2D eigenvalue weighted by Gasteiger charge is 2.44.